The van der Waals surface area contributed by atoms with Crippen LogP contribution in [0.25, 0.3) is 0 Å². The fourth-order valence-corrected chi connectivity index (χ4v) is 3.28. The molecule has 0 aromatic heterocycles. The monoisotopic (exact) mass is 445 g/mol. The quantitative estimate of drug-likeness (QED) is 0.643. The summed E-state index contributed by atoms with van der Waals surface area (Å²) in [5.41, 5.74) is 2.43. The molecule has 0 spiro atoms. The summed E-state index contributed by atoms with van der Waals surface area (Å²) < 4.78 is 2.61. The number of hydrogen-bond donors (Lipinski definition) is 1. The van der Waals surface area contributed by atoms with Gasteiger partial charge < -0.3 is 5.32 Å². The molecule has 0 aliphatic rings. The zero-order chi connectivity index (χ0) is 14.0. The molecule has 0 heterocycles. The van der Waals surface area contributed by atoms with Gasteiger partial charge in [-0.2, -0.15) is 0 Å². The van der Waals surface area contributed by atoms with Crippen molar-refractivity contribution in [3.63, 3.8) is 0 Å². The van der Waals surface area contributed by atoms with Gasteiger partial charge in [-0.05, 0) is 52.7 Å². The zero-order valence-corrected chi connectivity index (χ0v) is 14.8. The highest BCUT2D eigenvalue weighted by Crippen LogP contribution is 2.27. The van der Waals surface area contributed by atoms with E-state index in [0.29, 0.717) is 5.56 Å². The molecular formula is C14H10Br3NO. The third-order valence-electron chi connectivity index (χ3n) is 2.56. The Morgan fingerprint density at radius 2 is 1.68 bits per heavy atom. The predicted octanol–water partition coefficient (Wildman–Crippen LogP) is 5.53. The van der Waals surface area contributed by atoms with E-state index >= 15 is 0 Å². The number of amides is 1. The molecule has 2 nitrogen and oxygen atoms in total. The molecule has 2 aromatic rings. The van der Waals surface area contributed by atoms with Crippen molar-refractivity contribution in [1.29, 1.82) is 0 Å². The Kier molecular flexibility index (Phi) is 4.81. The second kappa shape index (κ2) is 6.20. The van der Waals surface area contributed by atoms with Crippen molar-refractivity contribution in [1.82, 2.24) is 0 Å². The summed E-state index contributed by atoms with van der Waals surface area (Å²) in [6.45, 7) is 1.98. The number of anilines is 1. The number of aryl methyl sites for hydroxylation is 1. The molecule has 2 rings (SSSR count). The molecule has 0 radical (unpaired) electrons. The zero-order valence-electron chi connectivity index (χ0n) is 10.0. The van der Waals surface area contributed by atoms with Crippen molar-refractivity contribution < 1.29 is 4.79 Å². The molecule has 98 valence electrons. The van der Waals surface area contributed by atoms with E-state index in [-0.39, 0.29) is 5.91 Å². The minimum Gasteiger partial charge on any atom is -0.321 e. The Morgan fingerprint density at radius 3 is 2.32 bits per heavy atom. The van der Waals surface area contributed by atoms with E-state index in [1.807, 2.05) is 31.2 Å². The molecule has 2 aromatic carbocycles. The standard InChI is InChI=1S/C14H10Br3NO/c1-8-3-2-4-12(13(8)17)18-14(19)9-5-10(15)7-11(16)6-9/h2-7H,1H3,(H,18,19). The van der Waals surface area contributed by atoms with E-state index in [0.717, 1.165) is 24.7 Å². The summed E-state index contributed by atoms with van der Waals surface area (Å²) in [5, 5.41) is 2.89. The molecule has 0 aliphatic carbocycles. The van der Waals surface area contributed by atoms with E-state index in [1.54, 1.807) is 12.1 Å². The van der Waals surface area contributed by atoms with E-state index in [2.05, 4.69) is 53.1 Å². The highest BCUT2D eigenvalue weighted by atomic mass is 79.9. The second-order valence-corrected chi connectivity index (χ2v) is 6.67. The minimum atomic E-state index is -0.145. The van der Waals surface area contributed by atoms with Crippen molar-refractivity contribution >= 4 is 59.4 Å². The molecule has 0 saturated heterocycles. The van der Waals surface area contributed by atoms with Gasteiger partial charge in [0.05, 0.1) is 5.69 Å². The van der Waals surface area contributed by atoms with Gasteiger partial charge in [0, 0.05) is 19.0 Å². The lowest BCUT2D eigenvalue weighted by atomic mass is 10.2. The van der Waals surface area contributed by atoms with Gasteiger partial charge in [-0.1, -0.05) is 44.0 Å². The van der Waals surface area contributed by atoms with Gasteiger partial charge in [-0.25, -0.2) is 0 Å². The van der Waals surface area contributed by atoms with E-state index < -0.39 is 0 Å². The Labute approximate surface area is 137 Å². The Balaban J connectivity index is 2.28. The lowest BCUT2D eigenvalue weighted by Crippen LogP contribution is -2.12. The average molecular weight is 448 g/mol. The number of nitrogens with one attached hydrogen (secondary N) is 1. The smallest absolute Gasteiger partial charge is 0.255 e. The van der Waals surface area contributed by atoms with Crippen LogP contribution in [0.3, 0.4) is 0 Å². The van der Waals surface area contributed by atoms with E-state index in [1.165, 1.54) is 0 Å². The van der Waals surface area contributed by atoms with Crippen molar-refractivity contribution in [3.8, 4) is 0 Å². The molecule has 0 atom stereocenters. The average Bonchev–Trinajstić information content (AvgIpc) is 2.33. The van der Waals surface area contributed by atoms with Crippen molar-refractivity contribution in [2.24, 2.45) is 0 Å². The molecule has 0 saturated carbocycles. The van der Waals surface area contributed by atoms with Crippen molar-refractivity contribution in [2.75, 3.05) is 5.32 Å². The number of benzene rings is 2. The van der Waals surface area contributed by atoms with Gasteiger partial charge in [0.15, 0.2) is 0 Å². The maximum atomic E-state index is 12.2. The van der Waals surface area contributed by atoms with Crippen LogP contribution >= 0.6 is 47.8 Å². The second-order valence-electron chi connectivity index (χ2n) is 4.05. The molecule has 1 amide bonds. The number of hydrogen-bond acceptors (Lipinski definition) is 1. The first-order valence-corrected chi connectivity index (χ1v) is 7.88. The van der Waals surface area contributed by atoms with Crippen LogP contribution in [0.2, 0.25) is 0 Å². The highest BCUT2D eigenvalue weighted by Gasteiger charge is 2.10. The third-order valence-corrected chi connectivity index (χ3v) is 4.53. The molecule has 0 fully saturated rings. The maximum absolute atomic E-state index is 12.2. The number of carbonyl (C=O) groups excluding carboxylic acids is 1. The molecule has 5 heteroatoms. The Hall–Kier alpha value is -0.650. The largest absolute Gasteiger partial charge is 0.321 e. The van der Waals surface area contributed by atoms with Crippen LogP contribution in [0.1, 0.15) is 15.9 Å². The minimum absolute atomic E-state index is 0.145. The first-order chi connectivity index (χ1) is 8.97. The van der Waals surface area contributed by atoms with Gasteiger partial charge in [-0.15, -0.1) is 0 Å². The first-order valence-electron chi connectivity index (χ1n) is 5.50. The summed E-state index contributed by atoms with van der Waals surface area (Å²) in [6, 6.07) is 11.2. The Morgan fingerprint density at radius 1 is 1.05 bits per heavy atom. The summed E-state index contributed by atoms with van der Waals surface area (Å²) in [5.74, 6) is -0.145. The topological polar surface area (TPSA) is 29.1 Å². The van der Waals surface area contributed by atoms with Gasteiger partial charge in [0.2, 0.25) is 0 Å². The van der Waals surface area contributed by atoms with Crippen LogP contribution in [-0.2, 0) is 0 Å². The summed E-state index contributed by atoms with van der Waals surface area (Å²) in [6.07, 6.45) is 0. The normalized spacial score (nSPS) is 10.3. The van der Waals surface area contributed by atoms with Gasteiger partial charge in [0.25, 0.3) is 5.91 Å². The Bertz CT molecular complexity index is 620. The summed E-state index contributed by atoms with van der Waals surface area (Å²) >= 11 is 10.2. The molecule has 19 heavy (non-hydrogen) atoms. The molecular weight excluding hydrogens is 438 g/mol. The van der Waals surface area contributed by atoms with Gasteiger partial charge >= 0.3 is 0 Å². The molecule has 0 aliphatic heterocycles. The van der Waals surface area contributed by atoms with E-state index in [4.69, 9.17) is 0 Å². The lowest BCUT2D eigenvalue weighted by molar-refractivity contribution is 0.102. The maximum Gasteiger partial charge on any atom is 0.255 e. The fraction of sp³-hybridized carbons (Fsp3) is 0.0714. The SMILES string of the molecule is Cc1cccc(NC(=O)c2cc(Br)cc(Br)c2)c1Br. The van der Waals surface area contributed by atoms with Crippen molar-refractivity contribution in [2.45, 2.75) is 6.92 Å². The number of carbonyl (C=O) groups is 1. The number of halogens is 3. The van der Waals surface area contributed by atoms with Crippen LogP contribution in [0.5, 0.6) is 0 Å². The third kappa shape index (κ3) is 3.68. The summed E-state index contributed by atoms with van der Waals surface area (Å²) in [4.78, 5) is 12.2. The molecule has 1 N–H and O–H groups in total. The highest BCUT2D eigenvalue weighted by molar-refractivity contribution is 9.11. The van der Waals surface area contributed by atoms with Crippen LogP contribution in [0.4, 0.5) is 5.69 Å². The fourth-order valence-electron chi connectivity index (χ4n) is 1.62. The molecule has 0 unspecified atom stereocenters. The van der Waals surface area contributed by atoms with Crippen LogP contribution in [-0.4, -0.2) is 5.91 Å². The molecule has 0 bridgehead atoms. The lowest BCUT2D eigenvalue weighted by Gasteiger charge is -2.09. The van der Waals surface area contributed by atoms with E-state index in [9.17, 15) is 4.79 Å². The van der Waals surface area contributed by atoms with Gasteiger partial charge in [0.1, 0.15) is 0 Å². The predicted molar refractivity (Wildman–Crippen MR) is 88.7 cm³/mol. The van der Waals surface area contributed by atoms with Gasteiger partial charge in [-0.3, -0.25) is 4.79 Å². The van der Waals surface area contributed by atoms with Crippen LogP contribution < -0.4 is 5.32 Å². The van der Waals surface area contributed by atoms with Crippen LogP contribution in [0, 0.1) is 6.92 Å². The van der Waals surface area contributed by atoms with Crippen LogP contribution in [0.15, 0.2) is 49.8 Å². The first kappa shape index (κ1) is 14.8. The van der Waals surface area contributed by atoms with Crippen molar-refractivity contribution in [3.05, 3.63) is 60.9 Å². The number of rotatable bonds is 2. The summed E-state index contributed by atoms with van der Waals surface area (Å²) in [7, 11) is 0.